The highest BCUT2D eigenvalue weighted by atomic mass is 16.5. The summed E-state index contributed by atoms with van der Waals surface area (Å²) in [6.45, 7) is 5.78. The molecule has 1 saturated heterocycles. The number of amides is 1. The van der Waals surface area contributed by atoms with Crippen molar-refractivity contribution < 1.29 is 19.4 Å². The van der Waals surface area contributed by atoms with Crippen molar-refractivity contribution in [2.75, 3.05) is 33.8 Å². The van der Waals surface area contributed by atoms with Gasteiger partial charge >= 0.3 is 0 Å². The minimum atomic E-state index is -0.665. The van der Waals surface area contributed by atoms with E-state index in [0.717, 1.165) is 30.5 Å². The summed E-state index contributed by atoms with van der Waals surface area (Å²) in [4.78, 5) is 33.7. The molecule has 7 nitrogen and oxygen atoms in total. The van der Waals surface area contributed by atoms with Crippen molar-refractivity contribution in [3.63, 3.8) is 0 Å². The molecule has 3 rings (SSSR count). The number of nitrogens with zero attached hydrogens (tertiary/aromatic N) is 3. The van der Waals surface area contributed by atoms with Gasteiger partial charge in [-0.2, -0.15) is 0 Å². The SMILES string of the molecule is CCCCOc1ccc(/C(O)=C2\C(=O)C(=O)N(CCCN(C)C)[C@H]2c2ccncc2)c(C)c1. The van der Waals surface area contributed by atoms with E-state index in [9.17, 15) is 14.7 Å². The molecular formula is C26H33N3O4. The molecule has 1 N–H and O–H groups in total. The van der Waals surface area contributed by atoms with Gasteiger partial charge in [-0.25, -0.2) is 0 Å². The van der Waals surface area contributed by atoms with Gasteiger partial charge in [-0.15, -0.1) is 0 Å². The maximum absolute atomic E-state index is 13.1. The third-order valence-corrected chi connectivity index (χ3v) is 5.79. The number of benzene rings is 1. The minimum absolute atomic E-state index is 0.110. The molecule has 0 spiro atoms. The van der Waals surface area contributed by atoms with Crippen LogP contribution in [0.3, 0.4) is 0 Å². The van der Waals surface area contributed by atoms with Gasteiger partial charge in [0.15, 0.2) is 0 Å². The van der Waals surface area contributed by atoms with Crippen LogP contribution in [0.2, 0.25) is 0 Å². The minimum Gasteiger partial charge on any atom is -0.507 e. The number of hydrogen-bond donors (Lipinski definition) is 1. The summed E-state index contributed by atoms with van der Waals surface area (Å²) < 4.78 is 5.76. The topological polar surface area (TPSA) is 83.0 Å². The third kappa shape index (κ3) is 5.60. The van der Waals surface area contributed by atoms with E-state index in [-0.39, 0.29) is 11.3 Å². The summed E-state index contributed by atoms with van der Waals surface area (Å²) in [5, 5.41) is 11.3. The van der Waals surface area contributed by atoms with Gasteiger partial charge in [0.05, 0.1) is 18.2 Å². The lowest BCUT2D eigenvalue weighted by Crippen LogP contribution is -2.32. The Morgan fingerprint density at radius 1 is 1.15 bits per heavy atom. The molecule has 33 heavy (non-hydrogen) atoms. The number of pyridine rings is 1. The average Bonchev–Trinajstić information content (AvgIpc) is 3.04. The van der Waals surface area contributed by atoms with Crippen LogP contribution in [0.4, 0.5) is 0 Å². The lowest BCUT2D eigenvalue weighted by atomic mass is 9.94. The lowest BCUT2D eigenvalue weighted by molar-refractivity contribution is -0.139. The second-order valence-electron chi connectivity index (χ2n) is 8.61. The average molecular weight is 452 g/mol. The van der Waals surface area contributed by atoms with Crippen molar-refractivity contribution in [2.24, 2.45) is 0 Å². The van der Waals surface area contributed by atoms with Crippen molar-refractivity contribution in [1.29, 1.82) is 0 Å². The van der Waals surface area contributed by atoms with Crippen molar-refractivity contribution in [3.8, 4) is 5.75 Å². The zero-order valence-corrected chi connectivity index (χ0v) is 19.9. The second kappa shape index (κ2) is 11.1. The molecule has 0 saturated carbocycles. The molecule has 0 bridgehead atoms. The summed E-state index contributed by atoms with van der Waals surface area (Å²) >= 11 is 0. The van der Waals surface area contributed by atoms with Crippen LogP contribution in [0.5, 0.6) is 5.75 Å². The Hall–Kier alpha value is -3.19. The van der Waals surface area contributed by atoms with Crippen molar-refractivity contribution >= 4 is 17.4 Å². The highest BCUT2D eigenvalue weighted by Gasteiger charge is 2.45. The second-order valence-corrected chi connectivity index (χ2v) is 8.61. The lowest BCUT2D eigenvalue weighted by Gasteiger charge is -2.26. The van der Waals surface area contributed by atoms with E-state index in [2.05, 4.69) is 11.9 Å². The Labute approximate surface area is 195 Å². The molecule has 0 radical (unpaired) electrons. The van der Waals surface area contributed by atoms with Crippen LogP contribution in [-0.4, -0.2) is 65.4 Å². The number of likely N-dealkylation sites (tertiary alicyclic amines) is 1. The molecule has 1 atom stereocenters. The van der Waals surface area contributed by atoms with Gasteiger partial charge < -0.3 is 19.6 Å². The van der Waals surface area contributed by atoms with E-state index < -0.39 is 17.7 Å². The van der Waals surface area contributed by atoms with Crippen LogP contribution in [0, 0.1) is 6.92 Å². The predicted octanol–water partition coefficient (Wildman–Crippen LogP) is 3.94. The maximum Gasteiger partial charge on any atom is 0.295 e. The standard InChI is InChI=1S/C26H33N3O4/c1-5-6-16-33-20-8-9-21(18(2)17-20)24(30)22-23(19-10-12-27-13-11-19)29(26(32)25(22)31)15-7-14-28(3)4/h8-13,17,23,30H,5-7,14-16H2,1-4H3/b24-22+/t23-/m0/s1. The van der Waals surface area contributed by atoms with Crippen LogP contribution in [0.15, 0.2) is 48.3 Å². The van der Waals surface area contributed by atoms with Crippen LogP contribution in [0.25, 0.3) is 5.76 Å². The van der Waals surface area contributed by atoms with Gasteiger partial charge in [-0.05, 0) is 81.9 Å². The normalized spacial score (nSPS) is 17.7. The van der Waals surface area contributed by atoms with Gasteiger partial charge in [-0.1, -0.05) is 13.3 Å². The Bertz CT molecular complexity index is 1020. The number of carbonyl (C=O) groups excluding carboxylic acids is 2. The largest absolute Gasteiger partial charge is 0.507 e. The molecule has 0 unspecified atom stereocenters. The fourth-order valence-electron chi connectivity index (χ4n) is 4.03. The first kappa shape index (κ1) is 24.5. The van der Waals surface area contributed by atoms with Crippen LogP contribution >= 0.6 is 0 Å². The van der Waals surface area contributed by atoms with Crippen LogP contribution < -0.4 is 4.74 Å². The molecule has 1 aromatic carbocycles. The van der Waals surface area contributed by atoms with E-state index in [4.69, 9.17) is 4.74 Å². The smallest absolute Gasteiger partial charge is 0.295 e. The fourth-order valence-corrected chi connectivity index (χ4v) is 4.03. The maximum atomic E-state index is 13.1. The quantitative estimate of drug-likeness (QED) is 0.255. The number of unbranched alkanes of at least 4 members (excludes halogenated alkanes) is 1. The molecule has 7 heteroatoms. The zero-order valence-electron chi connectivity index (χ0n) is 19.9. The number of carbonyl (C=O) groups is 2. The molecule has 1 aliphatic heterocycles. The molecule has 2 heterocycles. The van der Waals surface area contributed by atoms with Gasteiger partial charge in [0.25, 0.3) is 11.7 Å². The zero-order chi connectivity index (χ0) is 24.0. The fraction of sp³-hybridized carbons (Fsp3) is 0.423. The Morgan fingerprint density at radius 3 is 2.52 bits per heavy atom. The highest BCUT2D eigenvalue weighted by molar-refractivity contribution is 6.46. The van der Waals surface area contributed by atoms with Crippen molar-refractivity contribution in [2.45, 2.75) is 39.2 Å². The molecule has 2 aromatic rings. The molecular weight excluding hydrogens is 418 g/mol. The molecule has 176 valence electrons. The summed E-state index contributed by atoms with van der Waals surface area (Å²) in [7, 11) is 3.93. The molecule has 1 amide bonds. The van der Waals surface area contributed by atoms with E-state index in [0.29, 0.717) is 30.9 Å². The summed E-state index contributed by atoms with van der Waals surface area (Å²) in [5.74, 6) is -0.702. The Kier molecular flexibility index (Phi) is 8.22. The van der Waals surface area contributed by atoms with Crippen molar-refractivity contribution in [3.05, 3.63) is 65.0 Å². The number of ketones is 1. The van der Waals surface area contributed by atoms with E-state index in [1.807, 2.05) is 32.0 Å². The first-order valence-corrected chi connectivity index (χ1v) is 11.4. The summed E-state index contributed by atoms with van der Waals surface area (Å²) in [6, 6.07) is 8.27. The van der Waals surface area contributed by atoms with E-state index >= 15 is 0 Å². The Balaban J connectivity index is 2.00. The molecule has 1 aromatic heterocycles. The summed E-state index contributed by atoms with van der Waals surface area (Å²) in [6.07, 6.45) is 5.97. The predicted molar refractivity (Wildman–Crippen MR) is 128 cm³/mol. The van der Waals surface area contributed by atoms with Crippen LogP contribution in [-0.2, 0) is 9.59 Å². The Morgan fingerprint density at radius 2 is 1.88 bits per heavy atom. The summed E-state index contributed by atoms with van der Waals surface area (Å²) in [5.41, 5.74) is 2.14. The van der Waals surface area contributed by atoms with Crippen molar-refractivity contribution in [1.82, 2.24) is 14.8 Å². The van der Waals surface area contributed by atoms with E-state index in [1.54, 1.807) is 41.6 Å². The number of ether oxygens (including phenoxy) is 1. The first-order chi connectivity index (χ1) is 15.8. The number of Topliss-reactive ketones (excluding diaryl/α,β-unsaturated/α-hetero) is 1. The van der Waals surface area contributed by atoms with E-state index in [1.165, 1.54) is 0 Å². The number of hydrogen-bond acceptors (Lipinski definition) is 6. The highest BCUT2D eigenvalue weighted by Crippen LogP contribution is 2.40. The monoisotopic (exact) mass is 451 g/mol. The number of aryl methyl sites for hydroxylation is 1. The van der Waals surface area contributed by atoms with Gasteiger partial charge in [0.1, 0.15) is 11.5 Å². The van der Waals surface area contributed by atoms with Gasteiger partial charge in [0, 0.05) is 24.5 Å². The van der Waals surface area contributed by atoms with Crippen LogP contribution in [0.1, 0.15) is 48.9 Å². The first-order valence-electron chi connectivity index (χ1n) is 11.4. The molecule has 1 aliphatic rings. The number of rotatable bonds is 10. The molecule has 0 aliphatic carbocycles. The number of aromatic nitrogens is 1. The number of aliphatic hydroxyl groups is 1. The molecule has 1 fully saturated rings. The number of aliphatic hydroxyl groups excluding tert-OH is 1. The van der Waals surface area contributed by atoms with Gasteiger partial charge in [0.2, 0.25) is 0 Å². The third-order valence-electron chi connectivity index (χ3n) is 5.79. The van der Waals surface area contributed by atoms with Gasteiger partial charge in [-0.3, -0.25) is 14.6 Å².